The van der Waals surface area contributed by atoms with Gasteiger partial charge in [-0.1, -0.05) is 30.3 Å². The second-order valence-corrected chi connectivity index (χ2v) is 11.0. The molecule has 0 radical (unpaired) electrons. The van der Waals surface area contributed by atoms with Crippen LogP contribution < -0.4 is 9.03 Å². The Labute approximate surface area is 165 Å². The van der Waals surface area contributed by atoms with Crippen molar-refractivity contribution >= 4 is 31.6 Å². The number of nitrogens with zero attached hydrogens (tertiary/aromatic N) is 1. The van der Waals surface area contributed by atoms with Gasteiger partial charge in [0.15, 0.2) is 0 Å². The van der Waals surface area contributed by atoms with E-state index in [4.69, 9.17) is 0 Å². The van der Waals surface area contributed by atoms with Crippen molar-refractivity contribution in [2.24, 2.45) is 5.41 Å². The highest BCUT2D eigenvalue weighted by atomic mass is 32.2. The molecule has 1 N–H and O–H groups in total. The molecule has 3 rings (SSSR count). The van der Waals surface area contributed by atoms with Crippen molar-refractivity contribution in [1.29, 1.82) is 0 Å². The molecule has 1 fully saturated rings. The zero-order chi connectivity index (χ0) is 20.7. The highest BCUT2D eigenvalue weighted by Gasteiger charge is 2.49. The molecule has 2 aromatic carbocycles. The molecule has 0 bridgehead atoms. The molecule has 7 nitrogen and oxygen atoms in total. The molecule has 1 saturated heterocycles. The number of rotatable bonds is 5. The summed E-state index contributed by atoms with van der Waals surface area (Å²) in [5.41, 5.74) is -0.0692. The van der Waals surface area contributed by atoms with E-state index in [9.17, 15) is 21.6 Å². The molecule has 2 aromatic rings. The summed E-state index contributed by atoms with van der Waals surface area (Å²) >= 11 is 0. The first-order valence-corrected chi connectivity index (χ1v) is 11.8. The molecule has 1 amide bonds. The molecule has 1 aliphatic heterocycles. The smallest absolute Gasteiger partial charge is 0.247 e. The lowest BCUT2D eigenvalue weighted by Crippen LogP contribution is -2.33. The van der Waals surface area contributed by atoms with Crippen LogP contribution in [0.1, 0.15) is 32.4 Å². The first-order valence-electron chi connectivity index (χ1n) is 8.69. The maximum atomic E-state index is 12.6. The summed E-state index contributed by atoms with van der Waals surface area (Å²) in [5, 5.41) is 0. The molecule has 0 unspecified atom stereocenters. The molecule has 0 aromatic heterocycles. The first kappa shape index (κ1) is 20.5. The van der Waals surface area contributed by atoms with Gasteiger partial charge in [-0.2, -0.15) is 0 Å². The largest absolute Gasteiger partial charge is 0.273 e. The van der Waals surface area contributed by atoms with E-state index in [0.29, 0.717) is 0 Å². The Bertz CT molecular complexity index is 1090. The molecule has 9 heteroatoms. The van der Waals surface area contributed by atoms with Gasteiger partial charge in [0.25, 0.3) is 0 Å². The molecule has 1 atom stereocenters. The van der Waals surface area contributed by atoms with E-state index in [1.807, 2.05) is 30.3 Å². The third-order valence-corrected chi connectivity index (χ3v) is 8.17. The average molecular weight is 423 g/mol. The van der Waals surface area contributed by atoms with Gasteiger partial charge in [-0.15, -0.1) is 0 Å². The molecular weight excluding hydrogens is 400 g/mol. The quantitative estimate of drug-likeness (QED) is 0.798. The van der Waals surface area contributed by atoms with Crippen molar-refractivity contribution in [1.82, 2.24) is 4.72 Å². The van der Waals surface area contributed by atoms with E-state index in [-0.39, 0.29) is 16.3 Å². The molecule has 28 heavy (non-hydrogen) atoms. The van der Waals surface area contributed by atoms with Crippen LogP contribution >= 0.6 is 0 Å². The second kappa shape index (κ2) is 6.98. The SMILES string of the molecule is C[C@H](NS(=O)(=O)c1ccc(N2C(=O)C(C)(C)CS2(=O)=O)cc1)c1ccccc1. The second-order valence-electron chi connectivity index (χ2n) is 7.46. The van der Waals surface area contributed by atoms with Gasteiger partial charge in [-0.3, -0.25) is 4.79 Å². The molecule has 0 saturated carbocycles. The molecule has 150 valence electrons. The highest BCUT2D eigenvalue weighted by molar-refractivity contribution is 7.94. The number of hydrogen-bond acceptors (Lipinski definition) is 5. The lowest BCUT2D eigenvalue weighted by Gasteiger charge is -2.18. The number of benzene rings is 2. The maximum Gasteiger partial charge on any atom is 0.247 e. The summed E-state index contributed by atoms with van der Waals surface area (Å²) in [6.07, 6.45) is 0. The van der Waals surface area contributed by atoms with Gasteiger partial charge in [0, 0.05) is 6.04 Å². The van der Waals surface area contributed by atoms with Crippen molar-refractivity contribution < 1.29 is 21.6 Å². The molecular formula is C19H22N2O5S2. The number of carbonyl (C=O) groups is 1. The summed E-state index contributed by atoms with van der Waals surface area (Å²) in [7, 11) is -7.60. The fourth-order valence-corrected chi connectivity index (χ4v) is 6.47. The summed E-state index contributed by atoms with van der Waals surface area (Å²) in [6, 6.07) is 14.0. The van der Waals surface area contributed by atoms with Crippen LogP contribution in [0.2, 0.25) is 0 Å². The summed E-state index contributed by atoms with van der Waals surface area (Å²) < 4.78 is 53.3. The van der Waals surface area contributed by atoms with Crippen LogP contribution in [0.15, 0.2) is 59.5 Å². The third kappa shape index (κ3) is 3.82. The number of amides is 1. The molecule has 1 heterocycles. The Kier molecular flexibility index (Phi) is 5.11. The fourth-order valence-electron chi connectivity index (χ4n) is 3.13. The van der Waals surface area contributed by atoms with Crippen LogP contribution in [0.3, 0.4) is 0 Å². The predicted molar refractivity (Wildman–Crippen MR) is 107 cm³/mol. The van der Waals surface area contributed by atoms with Gasteiger partial charge in [0.1, 0.15) is 0 Å². The van der Waals surface area contributed by atoms with Crippen molar-refractivity contribution in [3.05, 3.63) is 60.2 Å². The average Bonchev–Trinajstić information content (AvgIpc) is 2.78. The Morgan fingerprint density at radius 1 is 1.04 bits per heavy atom. The van der Waals surface area contributed by atoms with Crippen molar-refractivity contribution in [3.63, 3.8) is 0 Å². The van der Waals surface area contributed by atoms with Gasteiger partial charge in [0.2, 0.25) is 26.0 Å². The van der Waals surface area contributed by atoms with Crippen LogP contribution in [-0.2, 0) is 24.8 Å². The van der Waals surface area contributed by atoms with Crippen LogP contribution in [-0.4, -0.2) is 28.5 Å². The van der Waals surface area contributed by atoms with E-state index in [0.717, 1.165) is 9.87 Å². The minimum atomic E-state index is -3.82. The Morgan fingerprint density at radius 2 is 1.61 bits per heavy atom. The number of sulfonamides is 2. The number of carbonyl (C=O) groups excluding carboxylic acids is 1. The van der Waals surface area contributed by atoms with Crippen LogP contribution in [0.25, 0.3) is 0 Å². The fraction of sp³-hybridized carbons (Fsp3) is 0.316. The lowest BCUT2D eigenvalue weighted by atomic mass is 9.95. The zero-order valence-corrected chi connectivity index (χ0v) is 17.4. The maximum absolute atomic E-state index is 12.6. The minimum absolute atomic E-state index is 0.0117. The normalized spacial score (nSPS) is 19.5. The third-order valence-electron chi connectivity index (χ3n) is 4.60. The van der Waals surface area contributed by atoms with E-state index >= 15 is 0 Å². The lowest BCUT2D eigenvalue weighted by molar-refractivity contribution is -0.123. The van der Waals surface area contributed by atoms with Gasteiger partial charge in [-0.05, 0) is 50.6 Å². The van der Waals surface area contributed by atoms with E-state index in [2.05, 4.69) is 4.72 Å². The molecule has 0 aliphatic carbocycles. The highest BCUT2D eigenvalue weighted by Crippen LogP contribution is 2.36. The van der Waals surface area contributed by atoms with Crippen molar-refractivity contribution in [3.8, 4) is 0 Å². The predicted octanol–water partition coefficient (Wildman–Crippen LogP) is 2.43. The monoisotopic (exact) mass is 422 g/mol. The molecule has 1 aliphatic rings. The van der Waals surface area contributed by atoms with Gasteiger partial charge in [-0.25, -0.2) is 25.9 Å². The van der Waals surface area contributed by atoms with Gasteiger partial charge in [0.05, 0.1) is 21.8 Å². The van der Waals surface area contributed by atoms with Crippen LogP contribution in [0, 0.1) is 5.41 Å². The van der Waals surface area contributed by atoms with E-state index in [1.165, 1.54) is 24.3 Å². The Hall–Kier alpha value is -2.23. The zero-order valence-electron chi connectivity index (χ0n) is 15.8. The summed E-state index contributed by atoms with van der Waals surface area (Å²) in [4.78, 5) is 12.4. The number of nitrogens with one attached hydrogen (secondary N) is 1. The summed E-state index contributed by atoms with van der Waals surface area (Å²) in [6.45, 7) is 4.88. The molecule has 0 spiro atoms. The van der Waals surface area contributed by atoms with E-state index < -0.39 is 37.4 Å². The van der Waals surface area contributed by atoms with E-state index in [1.54, 1.807) is 20.8 Å². The van der Waals surface area contributed by atoms with Gasteiger partial charge < -0.3 is 0 Å². The van der Waals surface area contributed by atoms with Crippen LogP contribution in [0.4, 0.5) is 5.69 Å². The Morgan fingerprint density at radius 3 is 2.11 bits per heavy atom. The van der Waals surface area contributed by atoms with Gasteiger partial charge >= 0.3 is 0 Å². The Balaban J connectivity index is 1.85. The van der Waals surface area contributed by atoms with Crippen molar-refractivity contribution in [2.75, 3.05) is 10.1 Å². The minimum Gasteiger partial charge on any atom is -0.273 e. The topological polar surface area (TPSA) is 101 Å². The summed E-state index contributed by atoms with van der Waals surface area (Å²) in [5.74, 6) is -0.811. The van der Waals surface area contributed by atoms with Crippen molar-refractivity contribution in [2.45, 2.75) is 31.7 Å². The first-order chi connectivity index (χ1) is 12.9. The standard InChI is InChI=1S/C19H22N2O5S2/c1-14(15-7-5-4-6-8-15)20-28(25,26)17-11-9-16(10-12-17)21-18(22)19(2,3)13-27(21,23)24/h4-12,14,20H,13H2,1-3H3/t14-/m0/s1. The number of hydrogen-bond donors (Lipinski definition) is 1. The number of anilines is 1. The van der Waals surface area contributed by atoms with Crippen LogP contribution in [0.5, 0.6) is 0 Å².